The van der Waals surface area contributed by atoms with Gasteiger partial charge in [0.2, 0.25) is 0 Å². The van der Waals surface area contributed by atoms with E-state index in [0.29, 0.717) is 24.3 Å². The molecular weight excluding hydrogens is 634 g/mol. The number of anilines is 1. The molecule has 2 N–H and O–H groups in total. The first kappa shape index (κ1) is 32.3. The Morgan fingerprint density at radius 2 is 1.83 bits per heavy atom. The Morgan fingerprint density at radius 1 is 1.04 bits per heavy atom. The van der Waals surface area contributed by atoms with Crippen LogP contribution in [0, 0.1) is 0 Å². The zero-order chi connectivity index (χ0) is 33.6. The predicted molar refractivity (Wildman–Crippen MR) is 167 cm³/mol. The minimum absolute atomic E-state index is 0.0319. The normalized spacial score (nSPS) is 20.1. The van der Waals surface area contributed by atoms with Gasteiger partial charge in [0, 0.05) is 43.5 Å². The summed E-state index contributed by atoms with van der Waals surface area (Å²) in [7, 11) is 0. The number of ether oxygens (including phenoxy) is 2. The van der Waals surface area contributed by atoms with Gasteiger partial charge in [0.25, 0.3) is 23.3 Å². The summed E-state index contributed by atoms with van der Waals surface area (Å²) in [5, 5.41) is 6.13. The Hall–Kier alpha value is -4.30. The molecule has 7 rings (SSSR count). The van der Waals surface area contributed by atoms with Gasteiger partial charge in [0.15, 0.2) is 0 Å². The Kier molecular flexibility index (Phi) is 8.71. The van der Waals surface area contributed by atoms with Gasteiger partial charge in [0.1, 0.15) is 17.1 Å². The number of halogens is 4. The van der Waals surface area contributed by atoms with E-state index in [1.807, 2.05) is 0 Å². The van der Waals surface area contributed by atoms with Crippen LogP contribution in [0.25, 0.3) is 11.1 Å². The largest absolute Gasteiger partial charge is 0.435 e. The summed E-state index contributed by atoms with van der Waals surface area (Å²) in [4.78, 5) is 46.1. The van der Waals surface area contributed by atoms with Crippen LogP contribution < -0.4 is 20.9 Å². The standard InChI is InChI=1S/C34H35F4N5O5/c35-33(36)48-23-7-8-25(26(13-23)31(45)42-17-34(37,38)18-42)21-11-28(20-3-4-20)40-29(12-21)41-30(44)27-10-19(14-39-15-24-2-1-9-47-24)16-43(32(27)46)22-5-6-22/h7-8,10-13,16,20,22,24,33,39H,1-6,9,14-15,17-18H2,(H,40,41,44). The van der Waals surface area contributed by atoms with Gasteiger partial charge >= 0.3 is 6.61 Å². The second-order valence-electron chi connectivity index (χ2n) is 13.0. The molecule has 4 aliphatic rings. The third-order valence-electron chi connectivity index (χ3n) is 8.98. The Labute approximate surface area is 273 Å². The number of nitrogens with one attached hydrogen (secondary N) is 2. The molecule has 4 heterocycles. The third kappa shape index (κ3) is 7.24. The average molecular weight is 670 g/mol. The van der Waals surface area contributed by atoms with Crippen molar-refractivity contribution in [3.63, 3.8) is 0 Å². The van der Waals surface area contributed by atoms with Crippen molar-refractivity contribution in [2.24, 2.45) is 0 Å². The quantitative estimate of drug-likeness (QED) is 0.251. The lowest BCUT2D eigenvalue weighted by molar-refractivity contribution is -0.113. The number of nitrogens with zero attached hydrogens (tertiary/aromatic N) is 3. The highest BCUT2D eigenvalue weighted by atomic mass is 19.3. The van der Waals surface area contributed by atoms with Crippen LogP contribution in [0.15, 0.2) is 47.4 Å². The predicted octanol–water partition coefficient (Wildman–Crippen LogP) is 5.34. The van der Waals surface area contributed by atoms with Gasteiger partial charge in [-0.05, 0) is 91.6 Å². The molecule has 254 valence electrons. The van der Waals surface area contributed by atoms with Crippen molar-refractivity contribution in [1.29, 1.82) is 0 Å². The monoisotopic (exact) mass is 669 g/mol. The van der Waals surface area contributed by atoms with Crippen LogP contribution in [0.1, 0.15) is 82.5 Å². The minimum Gasteiger partial charge on any atom is -0.435 e. The number of carbonyl (C=O) groups is 2. The molecule has 14 heteroatoms. The van der Waals surface area contributed by atoms with Crippen molar-refractivity contribution in [3.05, 3.63) is 75.3 Å². The first-order valence-electron chi connectivity index (χ1n) is 16.2. The number of hydrogen-bond acceptors (Lipinski definition) is 7. The van der Waals surface area contributed by atoms with E-state index in [2.05, 4.69) is 20.4 Å². The van der Waals surface area contributed by atoms with Gasteiger partial charge in [-0.2, -0.15) is 8.78 Å². The first-order valence-corrected chi connectivity index (χ1v) is 16.2. The van der Waals surface area contributed by atoms with Crippen LogP contribution in [0.5, 0.6) is 5.75 Å². The maximum Gasteiger partial charge on any atom is 0.387 e. The summed E-state index contributed by atoms with van der Waals surface area (Å²) < 4.78 is 65.2. The van der Waals surface area contributed by atoms with E-state index < -0.39 is 43.0 Å². The molecule has 1 aromatic carbocycles. The Balaban J connectivity index is 1.19. The molecule has 2 saturated carbocycles. The Bertz CT molecular complexity index is 1780. The van der Waals surface area contributed by atoms with Crippen LogP contribution >= 0.6 is 0 Å². The van der Waals surface area contributed by atoms with Crippen LogP contribution in [0.3, 0.4) is 0 Å². The minimum atomic E-state index is -3.16. The van der Waals surface area contributed by atoms with E-state index in [1.165, 1.54) is 18.2 Å². The first-order chi connectivity index (χ1) is 23.0. The number of carbonyl (C=O) groups excluding carboxylic acids is 2. The number of aromatic nitrogens is 2. The van der Waals surface area contributed by atoms with E-state index >= 15 is 0 Å². The molecule has 2 aliphatic carbocycles. The fourth-order valence-electron chi connectivity index (χ4n) is 6.22. The van der Waals surface area contributed by atoms with Gasteiger partial charge < -0.3 is 29.6 Å². The number of alkyl halides is 4. The average Bonchev–Trinajstić information content (AvgIpc) is 3.98. The van der Waals surface area contributed by atoms with Crippen LogP contribution in [0.2, 0.25) is 0 Å². The molecule has 0 radical (unpaired) electrons. The summed E-state index contributed by atoms with van der Waals surface area (Å²) in [6.45, 7) is -2.90. The molecule has 0 bridgehead atoms. The maximum atomic E-state index is 13.7. The number of hydrogen-bond donors (Lipinski definition) is 2. The molecule has 1 unspecified atom stereocenters. The SMILES string of the molecule is O=C(Nc1cc(-c2ccc(OC(F)F)cc2C(=O)N2CC(F)(F)C2)cc(C2CC2)n1)c1cc(CNCC2CCCO2)cn(C2CC2)c1=O. The topological polar surface area (TPSA) is 115 Å². The van der Waals surface area contributed by atoms with E-state index in [9.17, 15) is 31.9 Å². The summed E-state index contributed by atoms with van der Waals surface area (Å²) >= 11 is 0. The van der Waals surface area contributed by atoms with Crippen molar-refractivity contribution >= 4 is 17.6 Å². The zero-order valence-corrected chi connectivity index (χ0v) is 26.0. The maximum absolute atomic E-state index is 13.7. The number of rotatable bonds is 12. The highest BCUT2D eigenvalue weighted by Gasteiger charge is 2.47. The summed E-state index contributed by atoms with van der Waals surface area (Å²) in [6.07, 6.45) is 7.33. The Morgan fingerprint density at radius 3 is 2.50 bits per heavy atom. The van der Waals surface area contributed by atoms with Gasteiger partial charge in [-0.25, -0.2) is 13.8 Å². The lowest BCUT2D eigenvalue weighted by Crippen LogP contribution is -2.58. The zero-order valence-electron chi connectivity index (χ0n) is 26.0. The number of amides is 2. The molecular formula is C34H35F4N5O5. The highest BCUT2D eigenvalue weighted by molar-refractivity contribution is 6.05. The highest BCUT2D eigenvalue weighted by Crippen LogP contribution is 2.42. The van der Waals surface area contributed by atoms with Crippen molar-refractivity contribution in [2.45, 2.75) is 75.7 Å². The molecule has 2 amide bonds. The van der Waals surface area contributed by atoms with Crippen molar-refractivity contribution in [1.82, 2.24) is 19.8 Å². The lowest BCUT2D eigenvalue weighted by Gasteiger charge is -2.39. The van der Waals surface area contributed by atoms with E-state index in [0.717, 1.165) is 61.7 Å². The van der Waals surface area contributed by atoms with Crippen LogP contribution in [0.4, 0.5) is 23.4 Å². The van der Waals surface area contributed by atoms with Gasteiger partial charge in [0.05, 0.1) is 24.8 Å². The molecule has 2 aliphatic heterocycles. The van der Waals surface area contributed by atoms with Gasteiger partial charge in [-0.1, -0.05) is 0 Å². The molecule has 48 heavy (non-hydrogen) atoms. The van der Waals surface area contributed by atoms with Crippen LogP contribution in [-0.4, -0.2) is 71.1 Å². The van der Waals surface area contributed by atoms with Crippen molar-refractivity contribution in [2.75, 3.05) is 31.6 Å². The third-order valence-corrected chi connectivity index (χ3v) is 8.98. The molecule has 3 aromatic rings. The second kappa shape index (κ2) is 13.0. The summed E-state index contributed by atoms with van der Waals surface area (Å²) in [5.74, 6) is -4.53. The molecule has 2 aromatic heterocycles. The van der Waals surface area contributed by atoms with Crippen LogP contribution in [-0.2, 0) is 11.3 Å². The van der Waals surface area contributed by atoms with E-state index in [4.69, 9.17) is 4.74 Å². The van der Waals surface area contributed by atoms with E-state index in [-0.39, 0.29) is 46.3 Å². The summed E-state index contributed by atoms with van der Waals surface area (Å²) in [5.41, 5.74) is 1.54. The number of pyridine rings is 2. The van der Waals surface area contributed by atoms with Crippen molar-refractivity contribution < 1.29 is 36.6 Å². The number of benzene rings is 1. The lowest BCUT2D eigenvalue weighted by atomic mass is 9.96. The molecule has 10 nitrogen and oxygen atoms in total. The molecule has 1 atom stereocenters. The summed E-state index contributed by atoms with van der Waals surface area (Å²) in [6, 6.07) is 8.63. The smallest absolute Gasteiger partial charge is 0.387 e. The molecule has 2 saturated heterocycles. The molecule has 0 spiro atoms. The van der Waals surface area contributed by atoms with Gasteiger partial charge in [-0.3, -0.25) is 14.4 Å². The molecule has 4 fully saturated rings. The van der Waals surface area contributed by atoms with E-state index in [1.54, 1.807) is 22.9 Å². The van der Waals surface area contributed by atoms with Crippen molar-refractivity contribution in [3.8, 4) is 16.9 Å². The number of likely N-dealkylation sites (tertiary alicyclic amines) is 1. The fourth-order valence-corrected chi connectivity index (χ4v) is 6.22. The fraction of sp³-hybridized carbons (Fsp3) is 0.471. The second-order valence-corrected chi connectivity index (χ2v) is 13.0. The van der Waals surface area contributed by atoms with Gasteiger partial charge in [-0.15, -0.1) is 0 Å².